The van der Waals surface area contributed by atoms with Crippen molar-refractivity contribution in [3.05, 3.63) is 61.7 Å². The molecule has 5 nitrogen and oxygen atoms in total. The second-order valence-electron chi connectivity index (χ2n) is 7.99. The van der Waals surface area contributed by atoms with Crippen LogP contribution >= 0.6 is 0 Å². The molecule has 6 heteroatoms. The lowest BCUT2D eigenvalue weighted by Crippen LogP contribution is -2.25. The summed E-state index contributed by atoms with van der Waals surface area (Å²) in [5, 5.41) is 1.06. The predicted octanol–water partition coefficient (Wildman–Crippen LogP) is 3.73. The molecule has 0 bridgehead atoms. The first kappa shape index (κ1) is 18.0. The van der Waals surface area contributed by atoms with Crippen molar-refractivity contribution in [2.24, 2.45) is 0 Å². The van der Waals surface area contributed by atoms with Gasteiger partial charge in [0, 0.05) is 23.9 Å². The first-order valence-corrected chi connectivity index (χ1v) is 9.87. The number of aromatic nitrogens is 2. The van der Waals surface area contributed by atoms with Crippen LogP contribution in [0.25, 0.3) is 22.3 Å². The topological polar surface area (TPSA) is 61.2 Å². The van der Waals surface area contributed by atoms with Gasteiger partial charge >= 0.3 is 5.97 Å². The van der Waals surface area contributed by atoms with Crippen molar-refractivity contribution in [2.75, 3.05) is 0 Å². The smallest absolute Gasteiger partial charge is 0.302 e. The quantitative estimate of drug-likeness (QED) is 0.488. The van der Waals surface area contributed by atoms with Crippen molar-refractivity contribution >= 4 is 16.9 Å². The summed E-state index contributed by atoms with van der Waals surface area (Å²) >= 11 is 0. The van der Waals surface area contributed by atoms with E-state index in [0.717, 1.165) is 52.7 Å². The maximum Gasteiger partial charge on any atom is 0.302 e. The van der Waals surface area contributed by atoms with Crippen LogP contribution in [0.15, 0.2) is 16.9 Å². The Morgan fingerprint density at radius 2 is 1.97 bits per heavy atom. The first-order chi connectivity index (χ1) is 13.9. The zero-order valence-corrected chi connectivity index (χ0v) is 16.7. The lowest BCUT2D eigenvalue weighted by atomic mass is 9.85. The van der Waals surface area contributed by atoms with Crippen LogP contribution in [0.5, 0.6) is 0 Å². The van der Waals surface area contributed by atoms with E-state index >= 15 is 0 Å². The zero-order valence-electron chi connectivity index (χ0n) is 16.7. The largest absolute Gasteiger partial charge is 0.461 e. The second-order valence-corrected chi connectivity index (χ2v) is 7.99. The molecule has 148 valence electrons. The number of ether oxygens (including phenoxy) is 1. The Morgan fingerprint density at radius 1 is 1.21 bits per heavy atom. The van der Waals surface area contributed by atoms with Gasteiger partial charge in [-0.15, -0.1) is 0 Å². The molecule has 3 aromatic rings. The molecule has 2 aromatic heterocycles. The average Bonchev–Trinajstić information content (AvgIpc) is 3.04. The molecule has 1 aromatic carbocycles. The van der Waals surface area contributed by atoms with Crippen LogP contribution in [0.2, 0.25) is 0 Å². The summed E-state index contributed by atoms with van der Waals surface area (Å²) in [6.45, 7) is 5.41. The molecule has 0 N–H and O–H groups in total. The van der Waals surface area contributed by atoms with Gasteiger partial charge < -0.3 is 9.30 Å². The molecule has 0 saturated heterocycles. The van der Waals surface area contributed by atoms with Crippen molar-refractivity contribution in [3.63, 3.8) is 0 Å². The molecule has 0 amide bonds. The summed E-state index contributed by atoms with van der Waals surface area (Å²) in [5.74, 6) is -0.643. The average molecular weight is 392 g/mol. The van der Waals surface area contributed by atoms with E-state index in [2.05, 4.69) is 0 Å². The number of carbonyl (C=O) groups excluding carboxylic acids is 1. The Kier molecular flexibility index (Phi) is 3.88. The SMILES string of the molecule is CC(=O)OCc1c(C)cc2n(c1=O)Cc1c-2nc2cc(F)c(C)c3c2c1CCC3. The minimum atomic E-state index is -0.417. The highest BCUT2D eigenvalue weighted by atomic mass is 19.1. The molecular formula is C23H21FN2O3. The molecule has 29 heavy (non-hydrogen) atoms. The van der Waals surface area contributed by atoms with Crippen LogP contribution in [0.3, 0.4) is 0 Å². The van der Waals surface area contributed by atoms with Gasteiger partial charge in [-0.05, 0) is 61.4 Å². The Morgan fingerprint density at radius 3 is 2.72 bits per heavy atom. The fourth-order valence-electron chi connectivity index (χ4n) is 4.78. The number of carbonyl (C=O) groups is 1. The van der Waals surface area contributed by atoms with Crippen LogP contribution in [0, 0.1) is 19.7 Å². The fourth-order valence-corrected chi connectivity index (χ4v) is 4.78. The van der Waals surface area contributed by atoms with Crippen LogP contribution in [-0.2, 0) is 35.5 Å². The number of pyridine rings is 2. The molecule has 0 spiro atoms. The third-order valence-corrected chi connectivity index (χ3v) is 6.27. The van der Waals surface area contributed by atoms with E-state index in [4.69, 9.17) is 9.72 Å². The lowest BCUT2D eigenvalue weighted by molar-refractivity contribution is -0.142. The number of hydrogen-bond donors (Lipinski definition) is 0. The minimum Gasteiger partial charge on any atom is -0.461 e. The highest BCUT2D eigenvalue weighted by Crippen LogP contribution is 2.41. The Labute approximate surface area is 167 Å². The Hall–Kier alpha value is -3.02. The van der Waals surface area contributed by atoms with Gasteiger partial charge in [0.15, 0.2) is 0 Å². The number of rotatable bonds is 2. The highest BCUT2D eigenvalue weighted by molar-refractivity contribution is 5.92. The molecule has 0 fully saturated rings. The van der Waals surface area contributed by atoms with Gasteiger partial charge in [-0.3, -0.25) is 9.59 Å². The molecule has 1 aliphatic heterocycles. The molecule has 0 saturated carbocycles. The molecule has 0 atom stereocenters. The zero-order chi connectivity index (χ0) is 20.4. The lowest BCUT2D eigenvalue weighted by Gasteiger charge is -2.21. The summed E-state index contributed by atoms with van der Waals surface area (Å²) in [6, 6.07) is 3.44. The monoisotopic (exact) mass is 392 g/mol. The number of benzene rings is 1. The normalized spacial score (nSPS) is 14.1. The van der Waals surface area contributed by atoms with Crippen LogP contribution in [-0.4, -0.2) is 15.5 Å². The van der Waals surface area contributed by atoms with E-state index in [-0.39, 0.29) is 18.0 Å². The van der Waals surface area contributed by atoms with Crippen molar-refractivity contribution < 1.29 is 13.9 Å². The van der Waals surface area contributed by atoms with E-state index in [1.807, 2.05) is 19.9 Å². The number of nitrogens with zero attached hydrogens (tertiary/aromatic N) is 2. The molecule has 0 radical (unpaired) electrons. The summed E-state index contributed by atoms with van der Waals surface area (Å²) in [4.78, 5) is 29.1. The Balaban J connectivity index is 1.75. The van der Waals surface area contributed by atoms with E-state index in [9.17, 15) is 14.0 Å². The predicted molar refractivity (Wildman–Crippen MR) is 107 cm³/mol. The maximum atomic E-state index is 14.5. The summed E-state index contributed by atoms with van der Waals surface area (Å²) in [7, 11) is 0. The molecular weight excluding hydrogens is 371 g/mol. The fraction of sp³-hybridized carbons (Fsp3) is 0.348. The standard InChI is InChI=1S/C23H21FN2O3/c1-11-7-20-22-16(9-26(20)23(28)17(11)10-29-13(3)27)15-6-4-5-14-12(2)18(24)8-19(25-22)21(14)15/h7-8H,4-6,9-10H2,1-3H3. The second kappa shape index (κ2) is 6.24. The highest BCUT2D eigenvalue weighted by Gasteiger charge is 2.30. The molecule has 0 unspecified atom stereocenters. The maximum absolute atomic E-state index is 14.5. The Bertz CT molecular complexity index is 1290. The van der Waals surface area contributed by atoms with Crippen LogP contribution in [0.1, 0.15) is 46.7 Å². The van der Waals surface area contributed by atoms with Gasteiger partial charge in [0.2, 0.25) is 0 Å². The van der Waals surface area contributed by atoms with E-state index in [0.29, 0.717) is 23.2 Å². The van der Waals surface area contributed by atoms with Crippen molar-refractivity contribution in [3.8, 4) is 11.4 Å². The van der Waals surface area contributed by atoms with Crippen molar-refractivity contribution in [1.29, 1.82) is 0 Å². The molecule has 5 rings (SSSR count). The van der Waals surface area contributed by atoms with E-state index in [1.165, 1.54) is 18.6 Å². The third-order valence-electron chi connectivity index (χ3n) is 6.27. The van der Waals surface area contributed by atoms with Gasteiger partial charge in [-0.2, -0.15) is 0 Å². The number of halogens is 1. The first-order valence-electron chi connectivity index (χ1n) is 9.87. The minimum absolute atomic E-state index is 0.0343. The van der Waals surface area contributed by atoms with Gasteiger partial charge in [-0.25, -0.2) is 9.37 Å². The third kappa shape index (κ3) is 2.55. The molecule has 3 heterocycles. The van der Waals surface area contributed by atoms with Gasteiger partial charge in [-0.1, -0.05) is 0 Å². The van der Waals surface area contributed by atoms with Crippen LogP contribution in [0.4, 0.5) is 4.39 Å². The summed E-state index contributed by atoms with van der Waals surface area (Å²) in [6.07, 6.45) is 2.72. The summed E-state index contributed by atoms with van der Waals surface area (Å²) < 4.78 is 21.3. The van der Waals surface area contributed by atoms with Crippen molar-refractivity contribution in [2.45, 2.75) is 53.2 Å². The van der Waals surface area contributed by atoms with E-state index in [1.54, 1.807) is 4.57 Å². The van der Waals surface area contributed by atoms with Crippen LogP contribution < -0.4 is 5.56 Å². The number of esters is 1. The molecule has 2 aliphatic rings. The van der Waals surface area contributed by atoms with Crippen molar-refractivity contribution in [1.82, 2.24) is 9.55 Å². The molecule has 1 aliphatic carbocycles. The van der Waals surface area contributed by atoms with E-state index < -0.39 is 5.97 Å². The number of fused-ring (bicyclic) bond motifs is 4. The van der Waals surface area contributed by atoms with Gasteiger partial charge in [0.25, 0.3) is 5.56 Å². The number of aryl methyl sites for hydroxylation is 3. The van der Waals surface area contributed by atoms with Gasteiger partial charge in [0.05, 0.1) is 29.0 Å². The number of hydrogen-bond acceptors (Lipinski definition) is 4. The summed E-state index contributed by atoms with van der Waals surface area (Å²) in [5.41, 5.74) is 7.27. The van der Waals surface area contributed by atoms with Gasteiger partial charge in [0.1, 0.15) is 12.4 Å².